The summed E-state index contributed by atoms with van der Waals surface area (Å²) in [7, 11) is 0. The van der Waals surface area contributed by atoms with E-state index in [9.17, 15) is 5.26 Å². The van der Waals surface area contributed by atoms with Gasteiger partial charge >= 0.3 is 0 Å². The minimum Gasteiger partial charge on any atom is -0.353 e. The molecule has 0 spiro atoms. The van der Waals surface area contributed by atoms with E-state index in [-0.39, 0.29) is 6.29 Å². The molecule has 3 aromatic heterocycles. The van der Waals surface area contributed by atoms with Gasteiger partial charge in [0, 0.05) is 59.9 Å². The summed E-state index contributed by atoms with van der Waals surface area (Å²) >= 11 is 1.76. The van der Waals surface area contributed by atoms with Crippen LogP contribution in [0.3, 0.4) is 0 Å². The Balaban J connectivity index is 1.22. The van der Waals surface area contributed by atoms with E-state index in [1.807, 2.05) is 16.9 Å². The van der Waals surface area contributed by atoms with Crippen LogP contribution in [0.4, 0.5) is 0 Å². The number of pyridine rings is 1. The highest BCUT2D eigenvalue weighted by Crippen LogP contribution is 2.33. The van der Waals surface area contributed by atoms with Gasteiger partial charge in [0.1, 0.15) is 6.07 Å². The van der Waals surface area contributed by atoms with E-state index in [0.717, 1.165) is 73.8 Å². The lowest BCUT2D eigenvalue weighted by Crippen LogP contribution is -2.39. The van der Waals surface area contributed by atoms with Crippen LogP contribution in [0.5, 0.6) is 0 Å². The van der Waals surface area contributed by atoms with Gasteiger partial charge in [0.15, 0.2) is 6.29 Å². The zero-order chi connectivity index (χ0) is 24.9. The maximum absolute atomic E-state index is 9.51. The zero-order valence-electron chi connectivity index (χ0n) is 21.3. The van der Waals surface area contributed by atoms with Crippen molar-refractivity contribution >= 4 is 17.3 Å². The smallest absolute Gasteiger partial charge is 0.157 e. The van der Waals surface area contributed by atoms with Crippen LogP contribution in [-0.4, -0.2) is 68.7 Å². The van der Waals surface area contributed by atoms with E-state index in [0.29, 0.717) is 16.7 Å². The van der Waals surface area contributed by atoms with Crippen molar-refractivity contribution in [3.05, 3.63) is 36.4 Å². The lowest BCUT2D eigenvalue weighted by atomic mass is 9.98. The fourth-order valence-corrected chi connectivity index (χ4v) is 6.22. The highest BCUT2D eigenvalue weighted by molar-refractivity contribution is 8.00. The molecule has 0 amide bonds. The molecule has 0 bridgehead atoms. The molecule has 2 saturated heterocycles. The molecule has 9 heteroatoms. The van der Waals surface area contributed by atoms with Crippen molar-refractivity contribution < 1.29 is 9.47 Å². The Bertz CT molecular complexity index is 1190. The number of piperidine rings is 1. The lowest BCUT2D eigenvalue weighted by molar-refractivity contribution is -0.164. The van der Waals surface area contributed by atoms with Crippen LogP contribution in [0.15, 0.2) is 35.7 Å². The predicted molar refractivity (Wildman–Crippen MR) is 141 cm³/mol. The molecule has 8 nitrogen and oxygen atoms in total. The third-order valence-electron chi connectivity index (χ3n) is 6.92. The van der Waals surface area contributed by atoms with E-state index < -0.39 is 0 Å². The average molecular weight is 509 g/mol. The number of rotatable bonds is 9. The third-order valence-corrected chi connectivity index (χ3v) is 7.96. The van der Waals surface area contributed by atoms with Crippen molar-refractivity contribution in [1.82, 2.24) is 24.3 Å². The van der Waals surface area contributed by atoms with Crippen LogP contribution >= 0.6 is 11.8 Å². The predicted octanol–water partition coefficient (Wildman–Crippen LogP) is 4.83. The van der Waals surface area contributed by atoms with E-state index in [2.05, 4.69) is 46.9 Å². The highest BCUT2D eigenvalue weighted by Gasteiger charge is 2.22. The van der Waals surface area contributed by atoms with Crippen molar-refractivity contribution in [1.29, 1.82) is 5.26 Å². The zero-order valence-corrected chi connectivity index (χ0v) is 22.1. The molecule has 2 atom stereocenters. The number of hydrogen-bond donors (Lipinski definition) is 0. The number of nitrogens with zero attached hydrogens (tertiary/aromatic N) is 6. The third kappa shape index (κ3) is 6.12. The van der Waals surface area contributed by atoms with Gasteiger partial charge in [-0.15, -0.1) is 11.8 Å². The molecule has 2 fully saturated rings. The fraction of sp³-hybridized carbons (Fsp3) is 0.593. The van der Waals surface area contributed by atoms with Gasteiger partial charge in [-0.1, -0.05) is 13.8 Å². The molecule has 36 heavy (non-hydrogen) atoms. The number of hydrogen-bond acceptors (Lipinski definition) is 7. The normalized spacial score (nSPS) is 21.3. The first kappa shape index (κ1) is 25.3. The van der Waals surface area contributed by atoms with Crippen LogP contribution in [0.1, 0.15) is 51.5 Å². The average Bonchev–Trinajstić information content (AvgIpc) is 3.52. The van der Waals surface area contributed by atoms with E-state index in [4.69, 9.17) is 14.6 Å². The van der Waals surface area contributed by atoms with Gasteiger partial charge in [-0.2, -0.15) is 15.5 Å². The van der Waals surface area contributed by atoms with Crippen LogP contribution in [-0.2, 0) is 16.0 Å². The summed E-state index contributed by atoms with van der Waals surface area (Å²) in [6.45, 7) is 10.00. The van der Waals surface area contributed by atoms with Crippen LogP contribution in [0.2, 0.25) is 0 Å². The Morgan fingerprint density at radius 3 is 2.89 bits per heavy atom. The monoisotopic (exact) mass is 508 g/mol. The summed E-state index contributed by atoms with van der Waals surface area (Å²) in [5.41, 5.74) is 3.63. The van der Waals surface area contributed by atoms with Crippen molar-refractivity contribution in [2.75, 3.05) is 32.8 Å². The van der Waals surface area contributed by atoms with Crippen LogP contribution in [0, 0.1) is 17.2 Å². The summed E-state index contributed by atoms with van der Waals surface area (Å²) in [4.78, 5) is 3.60. The standard InChI is InChI=1S/C27H36N6O2S/c1-20(2)36-25-12-22(19-33-27(25)23(13-28)14-30-33)24-15-29-32(18-24)17-21-6-5-8-31(16-21)9-11-35-26-7-3-4-10-34-26/h12,14-15,18-21,26H,3-11,16-17H2,1-2H3/t21-,26?/m1/s1. The molecule has 5 rings (SSSR count). The number of fused-ring (bicyclic) bond motifs is 1. The second kappa shape index (κ2) is 11.8. The number of thioether (sulfide) groups is 1. The maximum atomic E-state index is 9.51. The molecule has 0 N–H and O–H groups in total. The lowest BCUT2D eigenvalue weighted by Gasteiger charge is -2.33. The first-order chi connectivity index (χ1) is 17.6. The first-order valence-electron chi connectivity index (χ1n) is 13.2. The molecular formula is C27H36N6O2S. The van der Waals surface area contributed by atoms with Gasteiger partial charge in [0.25, 0.3) is 0 Å². The summed E-state index contributed by atoms with van der Waals surface area (Å²) in [5.74, 6) is 0.580. The molecule has 2 aliphatic heterocycles. The number of likely N-dealkylation sites (tertiary alicyclic amines) is 1. The molecule has 0 aliphatic carbocycles. The highest BCUT2D eigenvalue weighted by atomic mass is 32.2. The topological polar surface area (TPSA) is 80.6 Å². The second-order valence-electron chi connectivity index (χ2n) is 10.1. The SMILES string of the molecule is CC(C)Sc1cc(-c2cnn(C[C@@H]3CCCN(CCOC4CCCCO4)C3)c2)cn2ncc(C#N)c12. The molecule has 0 aromatic carbocycles. The number of nitriles is 1. The largest absolute Gasteiger partial charge is 0.353 e. The Morgan fingerprint density at radius 1 is 1.17 bits per heavy atom. The number of aromatic nitrogens is 4. The molecule has 192 valence electrons. The van der Waals surface area contributed by atoms with Crippen molar-refractivity contribution in [3.8, 4) is 17.2 Å². The molecule has 3 aromatic rings. The quantitative estimate of drug-likeness (QED) is 0.383. The molecule has 1 unspecified atom stereocenters. The van der Waals surface area contributed by atoms with Gasteiger partial charge < -0.3 is 14.4 Å². The molecule has 2 aliphatic rings. The van der Waals surface area contributed by atoms with E-state index in [1.165, 1.54) is 19.3 Å². The van der Waals surface area contributed by atoms with Crippen molar-refractivity contribution in [2.45, 2.75) is 68.9 Å². The Kier molecular flexibility index (Phi) is 8.27. The second-order valence-corrected chi connectivity index (χ2v) is 11.8. The Labute approximate surface area is 217 Å². The van der Waals surface area contributed by atoms with Crippen molar-refractivity contribution in [2.24, 2.45) is 5.92 Å². The number of ether oxygens (including phenoxy) is 2. The van der Waals surface area contributed by atoms with Gasteiger partial charge in [-0.05, 0) is 50.6 Å². The summed E-state index contributed by atoms with van der Waals surface area (Å²) in [5, 5.41) is 19.1. The summed E-state index contributed by atoms with van der Waals surface area (Å²) in [6, 6.07) is 4.44. The van der Waals surface area contributed by atoms with E-state index >= 15 is 0 Å². The molecular weight excluding hydrogens is 472 g/mol. The molecule has 0 saturated carbocycles. The van der Waals surface area contributed by atoms with Gasteiger partial charge in [0.2, 0.25) is 0 Å². The first-order valence-corrected chi connectivity index (χ1v) is 14.0. The van der Waals surface area contributed by atoms with Gasteiger partial charge in [-0.25, -0.2) is 4.52 Å². The van der Waals surface area contributed by atoms with Crippen molar-refractivity contribution in [3.63, 3.8) is 0 Å². The minimum absolute atomic E-state index is 0.00580. The minimum atomic E-state index is -0.00580. The summed E-state index contributed by atoms with van der Waals surface area (Å²) < 4.78 is 15.6. The van der Waals surface area contributed by atoms with Crippen LogP contribution < -0.4 is 0 Å². The fourth-order valence-electron chi connectivity index (χ4n) is 5.20. The van der Waals surface area contributed by atoms with E-state index in [1.54, 1.807) is 18.0 Å². The molecule has 5 heterocycles. The van der Waals surface area contributed by atoms with Crippen LogP contribution in [0.25, 0.3) is 16.6 Å². The van der Waals surface area contributed by atoms with Gasteiger partial charge in [0.05, 0.1) is 30.1 Å². The maximum Gasteiger partial charge on any atom is 0.157 e. The molecule has 0 radical (unpaired) electrons. The Hall–Kier alpha value is -2.38. The Morgan fingerprint density at radius 2 is 2.08 bits per heavy atom. The van der Waals surface area contributed by atoms with Gasteiger partial charge in [-0.3, -0.25) is 4.68 Å². The summed E-state index contributed by atoms with van der Waals surface area (Å²) in [6.07, 6.45) is 13.5.